The van der Waals surface area contributed by atoms with Gasteiger partial charge in [-0.15, -0.1) is 0 Å². The average Bonchev–Trinajstić information content (AvgIpc) is 2.84. The predicted molar refractivity (Wildman–Crippen MR) is 138 cm³/mol. The van der Waals surface area contributed by atoms with Crippen LogP contribution in [0.5, 0.6) is 0 Å². The van der Waals surface area contributed by atoms with Crippen LogP contribution in [0.4, 0.5) is 17.6 Å². The molecular weight excluding hydrogens is 480 g/mol. The molecule has 1 saturated heterocycles. The normalized spacial score (nSPS) is 15.4. The molecule has 0 aliphatic carbocycles. The third-order valence-corrected chi connectivity index (χ3v) is 7.33. The number of para-hydroxylation sites is 1. The first-order valence-electron chi connectivity index (χ1n) is 12.4. The van der Waals surface area contributed by atoms with Crippen LogP contribution >= 0.6 is 0 Å². The highest BCUT2D eigenvalue weighted by Crippen LogP contribution is 2.38. The molecule has 0 unspecified atom stereocenters. The molecule has 37 heavy (non-hydrogen) atoms. The molecule has 3 nitrogen and oxygen atoms in total. The van der Waals surface area contributed by atoms with Crippen LogP contribution < -0.4 is 5.56 Å². The molecule has 7 heteroatoms. The van der Waals surface area contributed by atoms with Crippen molar-refractivity contribution in [1.82, 2.24) is 9.47 Å². The molecule has 0 spiro atoms. The lowest BCUT2D eigenvalue weighted by Crippen LogP contribution is -2.45. The van der Waals surface area contributed by atoms with E-state index in [0.717, 1.165) is 54.3 Å². The molecule has 3 aromatic carbocycles. The van der Waals surface area contributed by atoms with Gasteiger partial charge in [-0.25, -0.2) is 17.6 Å². The maximum absolute atomic E-state index is 15.0. The third-order valence-electron chi connectivity index (χ3n) is 7.33. The van der Waals surface area contributed by atoms with Crippen molar-refractivity contribution in [2.45, 2.75) is 45.1 Å². The van der Waals surface area contributed by atoms with E-state index in [9.17, 15) is 18.0 Å². The lowest BCUT2D eigenvalue weighted by atomic mass is 9.85. The van der Waals surface area contributed by atoms with E-state index in [0.29, 0.717) is 10.9 Å². The average molecular weight is 509 g/mol. The molecule has 1 fully saturated rings. The fourth-order valence-electron chi connectivity index (χ4n) is 5.35. The topological polar surface area (TPSA) is 25.2 Å². The molecule has 1 aliphatic rings. The summed E-state index contributed by atoms with van der Waals surface area (Å²) in [5.74, 6) is -3.13. The summed E-state index contributed by atoms with van der Waals surface area (Å²) in [6, 6.07) is 13.1. The number of pyridine rings is 1. The number of aromatic nitrogens is 1. The van der Waals surface area contributed by atoms with Gasteiger partial charge < -0.3 is 0 Å². The Hall–Kier alpha value is -3.45. The highest BCUT2D eigenvalue weighted by molar-refractivity contribution is 5.96. The van der Waals surface area contributed by atoms with Gasteiger partial charge in [0.25, 0.3) is 5.56 Å². The van der Waals surface area contributed by atoms with Crippen LogP contribution in [0, 0.1) is 23.3 Å². The number of piperidine rings is 1. The number of rotatable bonds is 3. The van der Waals surface area contributed by atoms with Gasteiger partial charge in [-0.1, -0.05) is 12.1 Å². The zero-order valence-electron chi connectivity index (χ0n) is 21.0. The summed E-state index contributed by atoms with van der Waals surface area (Å²) in [4.78, 5) is 15.4. The summed E-state index contributed by atoms with van der Waals surface area (Å²) >= 11 is 0. The van der Waals surface area contributed by atoms with Gasteiger partial charge >= 0.3 is 0 Å². The first-order chi connectivity index (χ1) is 17.5. The Bertz CT molecular complexity index is 1530. The first-order valence-corrected chi connectivity index (χ1v) is 12.4. The van der Waals surface area contributed by atoms with Crippen molar-refractivity contribution in [3.05, 3.63) is 99.8 Å². The summed E-state index contributed by atoms with van der Waals surface area (Å²) in [6.45, 7) is 8.22. The Morgan fingerprint density at radius 2 is 1.46 bits per heavy atom. The molecule has 0 radical (unpaired) electrons. The molecule has 0 saturated carbocycles. The fraction of sp³-hybridized carbons (Fsp3) is 0.300. The molecule has 4 aromatic rings. The van der Waals surface area contributed by atoms with Crippen molar-refractivity contribution in [1.29, 1.82) is 0 Å². The Morgan fingerprint density at radius 1 is 0.784 bits per heavy atom. The van der Waals surface area contributed by atoms with Crippen LogP contribution in [0.25, 0.3) is 27.7 Å². The van der Waals surface area contributed by atoms with Crippen molar-refractivity contribution >= 4 is 10.9 Å². The second-order valence-corrected chi connectivity index (χ2v) is 10.6. The summed E-state index contributed by atoms with van der Waals surface area (Å²) in [7, 11) is 0. The minimum absolute atomic E-state index is 0.0274. The molecule has 0 bridgehead atoms. The lowest BCUT2D eigenvalue weighted by Gasteiger charge is -2.41. The van der Waals surface area contributed by atoms with E-state index < -0.39 is 34.5 Å². The number of nitrogens with zero attached hydrogens (tertiary/aromatic N) is 2. The number of hydrogen-bond acceptors (Lipinski definition) is 2. The molecule has 0 amide bonds. The fourth-order valence-corrected chi connectivity index (χ4v) is 5.35. The second-order valence-electron chi connectivity index (χ2n) is 10.6. The van der Waals surface area contributed by atoms with Gasteiger partial charge in [0.1, 0.15) is 29.0 Å². The second kappa shape index (κ2) is 9.45. The van der Waals surface area contributed by atoms with Gasteiger partial charge in [-0.05, 0) is 100 Å². The highest BCUT2D eigenvalue weighted by Gasteiger charge is 2.29. The Kier molecular flexibility index (Phi) is 6.44. The number of hydrogen-bond donors (Lipinski definition) is 0. The van der Waals surface area contributed by atoms with Gasteiger partial charge in [0.05, 0.1) is 5.52 Å². The maximum atomic E-state index is 15.0. The van der Waals surface area contributed by atoms with Gasteiger partial charge in [0.15, 0.2) is 0 Å². The Balaban J connectivity index is 1.77. The summed E-state index contributed by atoms with van der Waals surface area (Å²) in [6.07, 6.45) is 1.67. The molecular formula is C30H28F4N2O. The number of halogens is 4. The van der Waals surface area contributed by atoms with Gasteiger partial charge in [0, 0.05) is 28.6 Å². The van der Waals surface area contributed by atoms with E-state index in [1.165, 1.54) is 30.3 Å². The molecule has 5 rings (SSSR count). The molecule has 1 aliphatic heterocycles. The quantitative estimate of drug-likeness (QED) is 0.274. The van der Waals surface area contributed by atoms with Crippen LogP contribution in [-0.4, -0.2) is 28.1 Å². The summed E-state index contributed by atoms with van der Waals surface area (Å²) < 4.78 is 59.5. The Labute approximate surface area is 213 Å². The van der Waals surface area contributed by atoms with E-state index in [1.54, 1.807) is 6.07 Å². The molecule has 192 valence electrons. The van der Waals surface area contributed by atoms with E-state index in [1.807, 2.05) is 6.07 Å². The first kappa shape index (κ1) is 25.2. The SMILES string of the molecule is CC(C)(C)N1CCC(c2cc(-c3ccc(F)cc3F)c3ccc(=O)n(-c4c(F)cccc4F)c3c2)CC1. The molecule has 0 atom stereocenters. The molecule has 1 aromatic heterocycles. The van der Waals surface area contributed by atoms with Gasteiger partial charge in [-0.2, -0.15) is 0 Å². The summed E-state index contributed by atoms with van der Waals surface area (Å²) in [5.41, 5.74) is 0.639. The molecule has 0 N–H and O–H groups in total. The van der Waals surface area contributed by atoms with Crippen molar-refractivity contribution in [2.24, 2.45) is 0 Å². The van der Waals surface area contributed by atoms with Crippen molar-refractivity contribution in [3.8, 4) is 16.8 Å². The number of benzene rings is 3. The van der Waals surface area contributed by atoms with Crippen molar-refractivity contribution in [2.75, 3.05) is 13.1 Å². The minimum atomic E-state index is -0.881. The molecule has 2 heterocycles. The third kappa shape index (κ3) is 4.68. The van der Waals surface area contributed by atoms with E-state index in [-0.39, 0.29) is 22.5 Å². The van der Waals surface area contributed by atoms with Crippen LogP contribution in [0.2, 0.25) is 0 Å². The van der Waals surface area contributed by atoms with Gasteiger partial charge in [0.2, 0.25) is 0 Å². The van der Waals surface area contributed by atoms with Crippen molar-refractivity contribution < 1.29 is 17.6 Å². The highest BCUT2D eigenvalue weighted by atomic mass is 19.1. The monoisotopic (exact) mass is 508 g/mol. The minimum Gasteiger partial charge on any atom is -0.298 e. The van der Waals surface area contributed by atoms with Crippen LogP contribution in [0.1, 0.15) is 45.1 Å². The smallest absolute Gasteiger partial charge is 0.255 e. The predicted octanol–water partition coefficient (Wildman–Crippen LogP) is 7.19. The van der Waals surface area contributed by atoms with Crippen LogP contribution in [-0.2, 0) is 0 Å². The zero-order chi connectivity index (χ0) is 26.5. The largest absolute Gasteiger partial charge is 0.298 e. The number of likely N-dealkylation sites (tertiary alicyclic amines) is 1. The van der Waals surface area contributed by atoms with E-state index >= 15 is 4.39 Å². The van der Waals surface area contributed by atoms with Gasteiger partial charge in [-0.3, -0.25) is 14.3 Å². The van der Waals surface area contributed by atoms with E-state index in [4.69, 9.17) is 0 Å². The zero-order valence-corrected chi connectivity index (χ0v) is 21.0. The van der Waals surface area contributed by atoms with Crippen LogP contribution in [0.15, 0.2) is 65.5 Å². The maximum Gasteiger partial charge on any atom is 0.255 e. The number of fused-ring (bicyclic) bond motifs is 1. The summed E-state index contributed by atoms with van der Waals surface area (Å²) in [5, 5.41) is 0.434. The van der Waals surface area contributed by atoms with Crippen LogP contribution in [0.3, 0.4) is 0 Å². The van der Waals surface area contributed by atoms with Crippen molar-refractivity contribution in [3.63, 3.8) is 0 Å². The standard InChI is InChI=1S/C30H28F4N2O/c1-30(2,3)35-13-11-18(12-14-35)19-15-23(21-8-7-20(31)17-26(21)34)22-9-10-28(37)36(27(22)16-19)29-24(32)5-4-6-25(29)33/h4-10,15-18H,11-14H2,1-3H3. The lowest BCUT2D eigenvalue weighted by molar-refractivity contribution is 0.102. The van der Waals surface area contributed by atoms with E-state index in [2.05, 4.69) is 25.7 Å². The Morgan fingerprint density at radius 3 is 2.08 bits per heavy atom.